The number of benzene rings is 2. The number of nitrogens with one attached hydrogen (secondary N) is 1. The summed E-state index contributed by atoms with van der Waals surface area (Å²) in [4.78, 5) is 0. The van der Waals surface area contributed by atoms with Crippen molar-refractivity contribution in [2.24, 2.45) is 0 Å². The fourth-order valence-electron chi connectivity index (χ4n) is 2.58. The lowest BCUT2D eigenvalue weighted by Crippen LogP contribution is -2.20. The molecular formula is C16H11Br2N5. The Morgan fingerprint density at radius 2 is 1.83 bits per heavy atom. The predicted molar refractivity (Wildman–Crippen MR) is 95.8 cm³/mol. The van der Waals surface area contributed by atoms with Crippen LogP contribution in [0.1, 0.15) is 17.2 Å². The first-order valence-electron chi connectivity index (χ1n) is 6.99. The Balaban J connectivity index is 1.81. The largest absolute Gasteiger partial charge is 0.323 e. The number of nitrogens with zero attached hydrogens (tertiary/aromatic N) is 4. The summed E-state index contributed by atoms with van der Waals surface area (Å²) in [6, 6.07) is 16.3. The third kappa shape index (κ3) is 2.82. The molecule has 0 bridgehead atoms. The monoisotopic (exact) mass is 431 g/mol. The highest BCUT2D eigenvalue weighted by Crippen LogP contribution is 2.32. The molecule has 5 nitrogen and oxygen atoms in total. The van der Waals surface area contributed by atoms with Crippen LogP contribution in [0.5, 0.6) is 0 Å². The Morgan fingerprint density at radius 1 is 1.00 bits per heavy atom. The molecule has 0 spiro atoms. The zero-order chi connectivity index (χ0) is 15.8. The molecule has 0 aliphatic carbocycles. The first-order valence-corrected chi connectivity index (χ1v) is 8.57. The number of hydrogen-bond donors (Lipinski definition) is 1. The van der Waals surface area contributed by atoms with Gasteiger partial charge in [-0.25, -0.2) is 0 Å². The van der Waals surface area contributed by atoms with E-state index < -0.39 is 0 Å². The molecule has 23 heavy (non-hydrogen) atoms. The Morgan fingerprint density at radius 3 is 2.61 bits per heavy atom. The molecule has 7 heteroatoms. The predicted octanol–water partition coefficient (Wildman–Crippen LogP) is 4.25. The Hall–Kier alpha value is -1.99. The molecule has 1 aliphatic heterocycles. The summed E-state index contributed by atoms with van der Waals surface area (Å²) in [6.45, 7) is 0. The van der Waals surface area contributed by atoms with Crippen LogP contribution in [0.4, 0.5) is 5.95 Å². The number of hydrogen-bond acceptors (Lipinski definition) is 4. The van der Waals surface area contributed by atoms with Gasteiger partial charge in [0, 0.05) is 14.6 Å². The SMILES string of the molecule is Brc1ccc(C2=CC(c3cccc(Br)c3)n3nnnc3N2)cc1. The molecule has 1 N–H and O–H groups in total. The second-order valence-electron chi connectivity index (χ2n) is 5.16. The molecule has 0 saturated heterocycles. The topological polar surface area (TPSA) is 55.6 Å². The van der Waals surface area contributed by atoms with Crippen molar-refractivity contribution < 1.29 is 0 Å². The normalized spacial score (nSPS) is 16.4. The molecule has 0 saturated carbocycles. The third-order valence-corrected chi connectivity index (χ3v) is 4.69. The van der Waals surface area contributed by atoms with E-state index in [1.807, 2.05) is 24.3 Å². The van der Waals surface area contributed by atoms with Crippen molar-refractivity contribution >= 4 is 43.5 Å². The average Bonchev–Trinajstić information content (AvgIpc) is 3.03. The molecule has 3 aromatic rings. The smallest absolute Gasteiger partial charge is 0.248 e. The molecule has 4 rings (SSSR count). The summed E-state index contributed by atoms with van der Waals surface area (Å²) in [5.41, 5.74) is 3.19. The molecule has 2 aromatic carbocycles. The lowest BCUT2D eigenvalue weighted by Gasteiger charge is -2.23. The van der Waals surface area contributed by atoms with Gasteiger partial charge in [0.1, 0.15) is 6.04 Å². The standard InChI is InChI=1S/C16H11Br2N5/c17-12-6-4-10(5-7-12)14-9-15(11-2-1-3-13(18)8-11)23-16(19-14)20-21-22-23/h1-9,15H,(H,19,20,22). The van der Waals surface area contributed by atoms with Gasteiger partial charge in [0.05, 0.1) is 0 Å². The molecule has 1 atom stereocenters. The summed E-state index contributed by atoms with van der Waals surface area (Å²) in [5.74, 6) is 0.635. The van der Waals surface area contributed by atoms with Gasteiger partial charge in [0.15, 0.2) is 0 Å². The maximum Gasteiger partial charge on any atom is 0.248 e. The van der Waals surface area contributed by atoms with Crippen LogP contribution in [0, 0.1) is 0 Å². The van der Waals surface area contributed by atoms with Crippen molar-refractivity contribution in [3.05, 3.63) is 74.7 Å². The van der Waals surface area contributed by atoms with Crippen LogP contribution in [0.15, 0.2) is 63.6 Å². The van der Waals surface area contributed by atoms with Gasteiger partial charge in [-0.2, -0.15) is 4.68 Å². The van der Waals surface area contributed by atoms with Crippen LogP contribution in [-0.4, -0.2) is 20.2 Å². The fraction of sp³-hybridized carbons (Fsp3) is 0.0625. The second kappa shape index (κ2) is 5.90. The molecular weight excluding hydrogens is 422 g/mol. The van der Waals surface area contributed by atoms with Gasteiger partial charge in [-0.1, -0.05) is 61.2 Å². The van der Waals surface area contributed by atoms with Crippen LogP contribution >= 0.6 is 31.9 Å². The van der Waals surface area contributed by atoms with E-state index in [4.69, 9.17) is 0 Å². The second-order valence-corrected chi connectivity index (χ2v) is 6.99. The lowest BCUT2D eigenvalue weighted by atomic mass is 10.0. The van der Waals surface area contributed by atoms with Gasteiger partial charge in [0.2, 0.25) is 5.95 Å². The number of allylic oxidation sites excluding steroid dienone is 1. The summed E-state index contributed by atoms with van der Waals surface area (Å²) in [6.07, 6.45) is 2.13. The number of halogens is 2. The number of anilines is 1. The Bertz CT molecular complexity index is 885. The van der Waals surface area contributed by atoms with Gasteiger partial charge in [-0.15, -0.1) is 0 Å². The number of tetrazole rings is 1. The molecule has 2 heterocycles. The van der Waals surface area contributed by atoms with Crippen molar-refractivity contribution in [3.8, 4) is 0 Å². The maximum atomic E-state index is 4.11. The highest BCUT2D eigenvalue weighted by Gasteiger charge is 2.24. The average molecular weight is 433 g/mol. The van der Waals surface area contributed by atoms with Gasteiger partial charge >= 0.3 is 0 Å². The van der Waals surface area contributed by atoms with E-state index in [2.05, 4.69) is 83.0 Å². The summed E-state index contributed by atoms with van der Waals surface area (Å²) in [7, 11) is 0. The van der Waals surface area contributed by atoms with Crippen LogP contribution in [0.2, 0.25) is 0 Å². The lowest BCUT2D eigenvalue weighted by molar-refractivity contribution is 0.585. The van der Waals surface area contributed by atoms with Crippen LogP contribution in [0.25, 0.3) is 5.70 Å². The highest BCUT2D eigenvalue weighted by molar-refractivity contribution is 9.10. The minimum Gasteiger partial charge on any atom is -0.323 e. The van der Waals surface area contributed by atoms with E-state index in [0.29, 0.717) is 5.95 Å². The minimum atomic E-state index is -0.0580. The highest BCUT2D eigenvalue weighted by atomic mass is 79.9. The van der Waals surface area contributed by atoms with E-state index in [1.165, 1.54) is 0 Å². The van der Waals surface area contributed by atoms with Crippen LogP contribution < -0.4 is 5.32 Å². The summed E-state index contributed by atoms with van der Waals surface area (Å²) >= 11 is 6.99. The van der Waals surface area contributed by atoms with Gasteiger partial charge in [0.25, 0.3) is 0 Å². The Kier molecular flexibility index (Phi) is 3.74. The van der Waals surface area contributed by atoms with E-state index in [9.17, 15) is 0 Å². The summed E-state index contributed by atoms with van der Waals surface area (Å²) < 4.78 is 3.86. The fourth-order valence-corrected chi connectivity index (χ4v) is 3.26. The molecule has 114 valence electrons. The van der Waals surface area contributed by atoms with Gasteiger partial charge in [-0.3, -0.25) is 0 Å². The van der Waals surface area contributed by atoms with E-state index >= 15 is 0 Å². The van der Waals surface area contributed by atoms with Gasteiger partial charge in [-0.05, 0) is 51.9 Å². The number of rotatable bonds is 2. The first kappa shape index (κ1) is 14.6. The van der Waals surface area contributed by atoms with Crippen molar-refractivity contribution in [2.45, 2.75) is 6.04 Å². The minimum absolute atomic E-state index is 0.0580. The zero-order valence-corrected chi connectivity index (χ0v) is 15.0. The van der Waals surface area contributed by atoms with E-state index in [0.717, 1.165) is 25.8 Å². The molecule has 1 aromatic heterocycles. The molecule has 1 unspecified atom stereocenters. The van der Waals surface area contributed by atoms with Crippen molar-refractivity contribution in [1.82, 2.24) is 20.2 Å². The molecule has 0 radical (unpaired) electrons. The van der Waals surface area contributed by atoms with Gasteiger partial charge < -0.3 is 5.32 Å². The molecule has 0 fully saturated rings. The quantitative estimate of drug-likeness (QED) is 0.657. The number of aromatic nitrogens is 4. The molecule has 1 aliphatic rings. The third-order valence-electron chi connectivity index (χ3n) is 3.67. The van der Waals surface area contributed by atoms with Crippen LogP contribution in [-0.2, 0) is 0 Å². The summed E-state index contributed by atoms with van der Waals surface area (Å²) in [5, 5.41) is 15.3. The van der Waals surface area contributed by atoms with E-state index in [1.54, 1.807) is 4.68 Å². The van der Waals surface area contributed by atoms with Crippen molar-refractivity contribution in [1.29, 1.82) is 0 Å². The molecule has 0 amide bonds. The zero-order valence-electron chi connectivity index (χ0n) is 11.8. The Labute approximate surface area is 149 Å². The van der Waals surface area contributed by atoms with Crippen LogP contribution in [0.3, 0.4) is 0 Å². The van der Waals surface area contributed by atoms with E-state index in [-0.39, 0.29) is 6.04 Å². The maximum absolute atomic E-state index is 4.11. The van der Waals surface area contributed by atoms with Crippen molar-refractivity contribution in [3.63, 3.8) is 0 Å². The number of fused-ring (bicyclic) bond motifs is 1. The first-order chi connectivity index (χ1) is 11.2. The van der Waals surface area contributed by atoms with Crippen molar-refractivity contribution in [2.75, 3.05) is 5.32 Å².